The lowest BCUT2D eigenvalue weighted by Gasteiger charge is -2.09. The van der Waals surface area contributed by atoms with Gasteiger partial charge in [0.25, 0.3) is 0 Å². The van der Waals surface area contributed by atoms with Crippen LogP contribution in [0.4, 0.5) is 0 Å². The van der Waals surface area contributed by atoms with E-state index in [9.17, 15) is 0 Å². The molecule has 1 N–H and O–H groups in total. The predicted molar refractivity (Wildman–Crippen MR) is 88.2 cm³/mol. The third-order valence-electron chi connectivity index (χ3n) is 3.70. The van der Waals surface area contributed by atoms with Crippen LogP contribution in [0.2, 0.25) is 0 Å². The van der Waals surface area contributed by atoms with Gasteiger partial charge in [0, 0.05) is 22.4 Å². The fourth-order valence-electron chi connectivity index (χ4n) is 2.26. The highest BCUT2D eigenvalue weighted by Crippen LogP contribution is 2.31. The summed E-state index contributed by atoms with van der Waals surface area (Å²) in [6.07, 6.45) is 2.68. The number of benzene rings is 2. The summed E-state index contributed by atoms with van der Waals surface area (Å²) >= 11 is 1.80. The molecule has 1 aliphatic rings. The Labute approximate surface area is 130 Å². The van der Waals surface area contributed by atoms with Crippen LogP contribution >= 0.6 is 11.8 Å². The van der Waals surface area contributed by atoms with E-state index in [4.69, 9.17) is 4.74 Å². The molecule has 2 aromatic rings. The molecule has 110 valence electrons. The van der Waals surface area contributed by atoms with Crippen LogP contribution in [0, 0.1) is 6.92 Å². The van der Waals surface area contributed by atoms with E-state index < -0.39 is 0 Å². The van der Waals surface area contributed by atoms with Gasteiger partial charge in [0.2, 0.25) is 0 Å². The minimum absolute atomic E-state index is 0.763. The number of rotatable bonds is 6. The smallest absolute Gasteiger partial charge is 0.118 e. The molecule has 0 unspecified atom stereocenters. The molecular formula is C18H21NOS. The largest absolute Gasteiger partial charge is 0.497 e. The van der Waals surface area contributed by atoms with Crippen LogP contribution < -0.4 is 10.1 Å². The maximum atomic E-state index is 5.19. The highest BCUT2D eigenvalue weighted by Gasteiger charge is 2.19. The van der Waals surface area contributed by atoms with Gasteiger partial charge in [0.1, 0.15) is 5.75 Å². The monoisotopic (exact) mass is 299 g/mol. The van der Waals surface area contributed by atoms with Gasteiger partial charge >= 0.3 is 0 Å². The third kappa shape index (κ3) is 4.02. The fourth-order valence-corrected chi connectivity index (χ4v) is 3.14. The molecular weight excluding hydrogens is 278 g/mol. The van der Waals surface area contributed by atoms with Crippen molar-refractivity contribution in [1.29, 1.82) is 0 Å². The Bertz CT molecular complexity index is 605. The van der Waals surface area contributed by atoms with Crippen molar-refractivity contribution >= 4 is 11.8 Å². The number of aryl methyl sites for hydroxylation is 1. The van der Waals surface area contributed by atoms with E-state index in [-0.39, 0.29) is 0 Å². The molecule has 0 bridgehead atoms. The van der Waals surface area contributed by atoms with Crippen molar-refractivity contribution in [1.82, 2.24) is 5.32 Å². The molecule has 0 heterocycles. The molecule has 1 saturated carbocycles. The molecule has 0 amide bonds. The predicted octanol–water partition coefficient (Wildman–Crippen LogP) is 4.41. The summed E-state index contributed by atoms with van der Waals surface area (Å²) in [5, 5.41) is 3.56. The maximum Gasteiger partial charge on any atom is 0.118 e. The van der Waals surface area contributed by atoms with Gasteiger partial charge in [-0.15, -0.1) is 0 Å². The molecule has 0 aliphatic heterocycles. The van der Waals surface area contributed by atoms with Crippen molar-refractivity contribution in [2.75, 3.05) is 7.11 Å². The van der Waals surface area contributed by atoms with Crippen molar-refractivity contribution in [2.24, 2.45) is 0 Å². The van der Waals surface area contributed by atoms with Gasteiger partial charge in [0.15, 0.2) is 0 Å². The first-order chi connectivity index (χ1) is 10.2. The van der Waals surface area contributed by atoms with Gasteiger partial charge in [-0.3, -0.25) is 0 Å². The van der Waals surface area contributed by atoms with Crippen molar-refractivity contribution in [2.45, 2.75) is 42.1 Å². The number of methoxy groups -OCH3 is 1. The average molecular weight is 299 g/mol. The second-order valence-electron chi connectivity index (χ2n) is 5.53. The van der Waals surface area contributed by atoms with Gasteiger partial charge in [-0.1, -0.05) is 23.9 Å². The molecule has 3 rings (SSSR count). The first-order valence-electron chi connectivity index (χ1n) is 7.39. The lowest BCUT2D eigenvalue weighted by Crippen LogP contribution is -2.15. The van der Waals surface area contributed by atoms with E-state index in [1.165, 1.54) is 33.8 Å². The van der Waals surface area contributed by atoms with Crippen LogP contribution in [0.5, 0.6) is 5.75 Å². The molecule has 21 heavy (non-hydrogen) atoms. The minimum atomic E-state index is 0.763. The normalized spacial score (nSPS) is 14.2. The Balaban J connectivity index is 1.66. The molecule has 1 aliphatic carbocycles. The standard InChI is InChI=1S/C18H21NOS/c1-13-11-14(12-19-15-4-5-15)3-10-18(13)21-17-8-6-16(20-2)7-9-17/h3,6-11,15,19H,4-5,12H2,1-2H3. The summed E-state index contributed by atoms with van der Waals surface area (Å²) in [5.41, 5.74) is 2.71. The quantitative estimate of drug-likeness (QED) is 0.854. The van der Waals surface area contributed by atoms with Gasteiger partial charge < -0.3 is 10.1 Å². The average Bonchev–Trinajstić information content (AvgIpc) is 3.33. The summed E-state index contributed by atoms with van der Waals surface area (Å²) in [6.45, 7) is 3.17. The summed E-state index contributed by atoms with van der Waals surface area (Å²) in [5.74, 6) is 0.901. The fraction of sp³-hybridized carbons (Fsp3) is 0.333. The van der Waals surface area contributed by atoms with E-state index in [1.54, 1.807) is 18.9 Å². The summed E-state index contributed by atoms with van der Waals surface area (Å²) in [7, 11) is 1.70. The van der Waals surface area contributed by atoms with Gasteiger partial charge in [0.05, 0.1) is 7.11 Å². The molecule has 0 spiro atoms. The van der Waals surface area contributed by atoms with Crippen LogP contribution in [0.3, 0.4) is 0 Å². The van der Waals surface area contributed by atoms with Crippen LogP contribution in [0.15, 0.2) is 52.3 Å². The molecule has 0 radical (unpaired) electrons. The highest BCUT2D eigenvalue weighted by atomic mass is 32.2. The SMILES string of the molecule is COc1ccc(Sc2ccc(CNC3CC3)cc2C)cc1. The van der Waals surface area contributed by atoms with E-state index in [0.717, 1.165) is 18.3 Å². The highest BCUT2D eigenvalue weighted by molar-refractivity contribution is 7.99. The van der Waals surface area contributed by atoms with Crippen molar-refractivity contribution in [3.63, 3.8) is 0 Å². The zero-order valence-corrected chi connectivity index (χ0v) is 13.4. The Morgan fingerprint density at radius 1 is 1.14 bits per heavy atom. The second-order valence-corrected chi connectivity index (χ2v) is 6.65. The Kier molecular flexibility index (Phi) is 4.51. The topological polar surface area (TPSA) is 21.3 Å². The zero-order valence-electron chi connectivity index (χ0n) is 12.6. The molecule has 1 fully saturated rings. The summed E-state index contributed by atoms with van der Waals surface area (Å²) in [4.78, 5) is 2.55. The first-order valence-corrected chi connectivity index (χ1v) is 8.21. The van der Waals surface area contributed by atoms with Crippen LogP contribution in [-0.2, 0) is 6.54 Å². The van der Waals surface area contributed by atoms with Crippen LogP contribution in [-0.4, -0.2) is 13.2 Å². The number of nitrogens with one attached hydrogen (secondary N) is 1. The van der Waals surface area contributed by atoms with E-state index >= 15 is 0 Å². The van der Waals surface area contributed by atoms with Gasteiger partial charge in [-0.05, 0) is 61.2 Å². The maximum absolute atomic E-state index is 5.19. The Morgan fingerprint density at radius 3 is 2.52 bits per heavy atom. The number of hydrogen-bond acceptors (Lipinski definition) is 3. The lowest BCUT2D eigenvalue weighted by atomic mass is 10.1. The Hall–Kier alpha value is -1.45. The van der Waals surface area contributed by atoms with Gasteiger partial charge in [-0.2, -0.15) is 0 Å². The second kappa shape index (κ2) is 6.54. The third-order valence-corrected chi connectivity index (χ3v) is 4.88. The van der Waals surface area contributed by atoms with Crippen LogP contribution in [0.25, 0.3) is 0 Å². The van der Waals surface area contributed by atoms with Gasteiger partial charge in [-0.25, -0.2) is 0 Å². The summed E-state index contributed by atoms with van der Waals surface area (Å²) < 4.78 is 5.19. The van der Waals surface area contributed by atoms with Crippen molar-refractivity contribution in [3.05, 3.63) is 53.6 Å². The lowest BCUT2D eigenvalue weighted by molar-refractivity contribution is 0.414. The first kappa shape index (κ1) is 14.5. The molecule has 0 aromatic heterocycles. The zero-order chi connectivity index (χ0) is 14.7. The number of hydrogen-bond donors (Lipinski definition) is 1. The molecule has 2 nitrogen and oxygen atoms in total. The van der Waals surface area contributed by atoms with Crippen molar-refractivity contribution < 1.29 is 4.74 Å². The minimum Gasteiger partial charge on any atom is -0.497 e. The van der Waals surface area contributed by atoms with Crippen LogP contribution in [0.1, 0.15) is 24.0 Å². The molecule has 2 aromatic carbocycles. The Morgan fingerprint density at radius 2 is 1.90 bits per heavy atom. The van der Waals surface area contributed by atoms with Crippen molar-refractivity contribution in [3.8, 4) is 5.75 Å². The van der Waals surface area contributed by atoms with E-state index in [0.29, 0.717) is 0 Å². The van der Waals surface area contributed by atoms with E-state index in [1.807, 2.05) is 12.1 Å². The number of ether oxygens (including phenoxy) is 1. The summed E-state index contributed by atoms with van der Waals surface area (Å²) in [6, 6.07) is 15.7. The molecule has 0 saturated heterocycles. The van der Waals surface area contributed by atoms with E-state index in [2.05, 4.69) is 42.6 Å². The molecule has 3 heteroatoms. The molecule has 0 atom stereocenters.